The van der Waals surface area contributed by atoms with E-state index in [1.54, 1.807) is 28.9 Å². The molecule has 1 aliphatic rings. The molecule has 2 amide bonds. The molecule has 4 N–H and O–H groups in total. The smallest absolute Gasteiger partial charge is 0.323 e. The number of halogens is 1. The van der Waals surface area contributed by atoms with Crippen LogP contribution in [0.3, 0.4) is 0 Å². The highest BCUT2D eigenvalue weighted by atomic mass is 19.1. The number of pyridine rings is 1. The fraction of sp³-hybridized carbons (Fsp3) is 0.269. The second kappa shape index (κ2) is 9.51. The number of carbonyl (C=O) groups excluding carboxylic acids is 1. The number of hydrogen-bond donors (Lipinski definition) is 3. The Morgan fingerprint density at radius 3 is 2.47 bits per heavy atom. The molecule has 1 fully saturated rings. The molecule has 0 unspecified atom stereocenters. The Morgan fingerprint density at radius 1 is 1.09 bits per heavy atom. The lowest BCUT2D eigenvalue weighted by Gasteiger charge is -2.11. The van der Waals surface area contributed by atoms with E-state index in [1.807, 2.05) is 40.0 Å². The highest BCUT2D eigenvalue weighted by molar-refractivity contribution is 6.02. The zero-order valence-corrected chi connectivity index (χ0v) is 19.8. The van der Waals surface area contributed by atoms with E-state index in [1.165, 1.54) is 6.07 Å². The summed E-state index contributed by atoms with van der Waals surface area (Å²) >= 11 is 0. The summed E-state index contributed by atoms with van der Waals surface area (Å²) in [5, 5.41) is 10.5. The highest BCUT2D eigenvalue weighted by Gasteiger charge is 2.27. The molecule has 0 saturated heterocycles. The molecular formula is C26H29FN6O. The Balaban J connectivity index is 0.00000133. The number of carbonyl (C=O) groups is 1. The van der Waals surface area contributed by atoms with Gasteiger partial charge in [-0.3, -0.25) is 0 Å². The van der Waals surface area contributed by atoms with Crippen molar-refractivity contribution in [1.82, 2.24) is 14.8 Å². The van der Waals surface area contributed by atoms with E-state index in [9.17, 15) is 9.18 Å². The second-order valence-electron chi connectivity index (χ2n) is 8.22. The van der Waals surface area contributed by atoms with Gasteiger partial charge in [-0.2, -0.15) is 5.10 Å². The van der Waals surface area contributed by atoms with E-state index >= 15 is 0 Å². The van der Waals surface area contributed by atoms with Gasteiger partial charge in [0, 0.05) is 24.3 Å². The van der Waals surface area contributed by atoms with Crippen LogP contribution in [0, 0.1) is 12.7 Å². The van der Waals surface area contributed by atoms with Gasteiger partial charge in [0.05, 0.1) is 11.1 Å². The fourth-order valence-corrected chi connectivity index (χ4v) is 3.87. The monoisotopic (exact) mass is 460 g/mol. The Labute approximate surface area is 198 Å². The van der Waals surface area contributed by atoms with Gasteiger partial charge in [0.2, 0.25) is 0 Å². The van der Waals surface area contributed by atoms with Crippen LogP contribution in [0.5, 0.6) is 0 Å². The van der Waals surface area contributed by atoms with E-state index in [2.05, 4.69) is 21.8 Å². The number of nitrogen functional groups attached to an aromatic ring is 1. The number of nitrogens with two attached hydrogens (primary N) is 1. The van der Waals surface area contributed by atoms with Gasteiger partial charge >= 0.3 is 6.03 Å². The van der Waals surface area contributed by atoms with E-state index in [-0.39, 0.29) is 5.69 Å². The number of urea groups is 1. The SMILES string of the molecule is CC.Cc1ccc(F)c(NC(=O)Nc2ccc(-c3cc(C4CC4)nc4c3c(N)nn4C)cc2)c1. The number of fused-ring (bicyclic) bond motifs is 1. The number of benzene rings is 2. The average Bonchev–Trinajstić information content (AvgIpc) is 3.64. The minimum absolute atomic E-state index is 0.137. The predicted octanol–water partition coefficient (Wildman–Crippen LogP) is 6.21. The lowest BCUT2D eigenvalue weighted by atomic mass is 10.0. The molecule has 0 spiro atoms. The van der Waals surface area contributed by atoms with Crippen LogP contribution < -0.4 is 16.4 Å². The van der Waals surface area contributed by atoms with E-state index in [4.69, 9.17) is 10.7 Å². The zero-order chi connectivity index (χ0) is 24.4. The number of nitrogens with one attached hydrogen (secondary N) is 2. The van der Waals surface area contributed by atoms with Crippen molar-refractivity contribution in [2.24, 2.45) is 7.05 Å². The van der Waals surface area contributed by atoms with Gasteiger partial charge in [-0.05, 0) is 66.8 Å². The lowest BCUT2D eigenvalue weighted by molar-refractivity contribution is 0.262. The number of anilines is 3. The summed E-state index contributed by atoms with van der Waals surface area (Å²) in [6.45, 7) is 5.83. The maximum atomic E-state index is 13.9. The molecule has 176 valence electrons. The van der Waals surface area contributed by atoms with Gasteiger partial charge in [-0.25, -0.2) is 18.9 Å². The number of amides is 2. The van der Waals surface area contributed by atoms with E-state index < -0.39 is 11.8 Å². The van der Waals surface area contributed by atoms with Crippen molar-refractivity contribution in [3.8, 4) is 11.1 Å². The summed E-state index contributed by atoms with van der Waals surface area (Å²) in [5.41, 5.74) is 11.5. The molecule has 4 aromatic rings. The van der Waals surface area contributed by atoms with Gasteiger partial charge in [-0.1, -0.05) is 32.0 Å². The van der Waals surface area contributed by atoms with Crippen LogP contribution in [0.1, 0.15) is 43.9 Å². The lowest BCUT2D eigenvalue weighted by Crippen LogP contribution is -2.20. The van der Waals surface area contributed by atoms with Crippen molar-refractivity contribution in [2.45, 2.75) is 39.5 Å². The van der Waals surface area contributed by atoms with Crippen LogP contribution in [0.2, 0.25) is 0 Å². The van der Waals surface area contributed by atoms with Crippen molar-refractivity contribution in [3.05, 3.63) is 65.6 Å². The first-order valence-electron chi connectivity index (χ1n) is 11.5. The molecule has 1 aliphatic carbocycles. The second-order valence-corrected chi connectivity index (χ2v) is 8.22. The maximum absolute atomic E-state index is 13.9. The van der Waals surface area contributed by atoms with Crippen molar-refractivity contribution in [3.63, 3.8) is 0 Å². The van der Waals surface area contributed by atoms with Crippen LogP contribution in [0.15, 0.2) is 48.5 Å². The first kappa shape index (κ1) is 23.2. The molecule has 34 heavy (non-hydrogen) atoms. The largest absolute Gasteiger partial charge is 0.382 e. The number of aromatic nitrogens is 3. The zero-order valence-electron chi connectivity index (χ0n) is 19.8. The number of aryl methyl sites for hydroxylation is 2. The standard InChI is InChI=1S/C24H23FN6O.C2H6/c1-13-3-10-18(25)20(11-13)29-24(32)27-16-8-6-14(7-9-16)17-12-19(15-4-5-15)28-23-21(17)22(26)30-31(23)2;1-2/h3,6-12,15H,4-5H2,1-2H3,(H2,26,30)(H2,27,29,32);1-2H3. The molecule has 8 heteroatoms. The van der Waals surface area contributed by atoms with Crippen LogP contribution in [0.4, 0.5) is 26.4 Å². The Hall–Kier alpha value is -3.94. The quantitative estimate of drug-likeness (QED) is 0.337. The Morgan fingerprint density at radius 2 is 1.79 bits per heavy atom. The first-order chi connectivity index (χ1) is 16.4. The molecule has 1 saturated carbocycles. The van der Waals surface area contributed by atoms with Crippen LogP contribution in [-0.2, 0) is 7.05 Å². The third kappa shape index (κ3) is 4.71. The number of nitrogens with zero attached hydrogens (tertiary/aromatic N) is 3. The summed E-state index contributed by atoms with van der Waals surface area (Å²) in [6.07, 6.45) is 2.29. The summed E-state index contributed by atoms with van der Waals surface area (Å²) in [6, 6.07) is 13.6. The molecule has 2 aromatic carbocycles. The van der Waals surface area contributed by atoms with Crippen molar-refractivity contribution < 1.29 is 9.18 Å². The maximum Gasteiger partial charge on any atom is 0.323 e. The van der Waals surface area contributed by atoms with Crippen LogP contribution in [0.25, 0.3) is 22.2 Å². The van der Waals surface area contributed by atoms with Gasteiger partial charge in [0.1, 0.15) is 5.82 Å². The Bertz CT molecular complexity index is 1340. The van der Waals surface area contributed by atoms with Gasteiger partial charge < -0.3 is 16.4 Å². The van der Waals surface area contributed by atoms with E-state index in [0.29, 0.717) is 17.4 Å². The molecule has 2 aromatic heterocycles. The molecule has 0 bridgehead atoms. The molecule has 7 nitrogen and oxygen atoms in total. The normalized spacial score (nSPS) is 12.7. The van der Waals surface area contributed by atoms with Gasteiger partial charge in [0.25, 0.3) is 0 Å². The van der Waals surface area contributed by atoms with Crippen molar-refractivity contribution in [2.75, 3.05) is 16.4 Å². The summed E-state index contributed by atoms with van der Waals surface area (Å²) in [5.74, 6) is 0.443. The third-order valence-corrected chi connectivity index (χ3v) is 5.66. The molecule has 0 aliphatic heterocycles. The summed E-state index contributed by atoms with van der Waals surface area (Å²) in [7, 11) is 1.84. The van der Waals surface area contributed by atoms with Crippen molar-refractivity contribution in [1.29, 1.82) is 0 Å². The summed E-state index contributed by atoms with van der Waals surface area (Å²) < 4.78 is 15.6. The van der Waals surface area contributed by atoms with Crippen LogP contribution in [-0.4, -0.2) is 20.8 Å². The molecule has 0 atom stereocenters. The fourth-order valence-electron chi connectivity index (χ4n) is 3.87. The van der Waals surface area contributed by atoms with Gasteiger partial charge in [0.15, 0.2) is 11.5 Å². The Kier molecular flexibility index (Phi) is 6.49. The van der Waals surface area contributed by atoms with Gasteiger partial charge in [-0.15, -0.1) is 0 Å². The predicted molar refractivity (Wildman–Crippen MR) is 135 cm³/mol. The molecule has 2 heterocycles. The first-order valence-corrected chi connectivity index (χ1v) is 11.5. The minimum atomic E-state index is -0.513. The number of rotatable bonds is 4. The van der Waals surface area contributed by atoms with Crippen LogP contribution >= 0.6 is 0 Å². The van der Waals surface area contributed by atoms with Crippen molar-refractivity contribution >= 4 is 34.3 Å². The average molecular weight is 461 g/mol. The summed E-state index contributed by atoms with van der Waals surface area (Å²) in [4.78, 5) is 17.1. The van der Waals surface area contributed by atoms with E-state index in [0.717, 1.165) is 46.3 Å². The topological polar surface area (TPSA) is 97.9 Å². The molecule has 0 radical (unpaired) electrons. The minimum Gasteiger partial charge on any atom is -0.382 e. The highest BCUT2D eigenvalue weighted by Crippen LogP contribution is 2.42. The third-order valence-electron chi connectivity index (χ3n) is 5.66. The molecule has 5 rings (SSSR count). The molecular weight excluding hydrogens is 431 g/mol. The number of hydrogen-bond acceptors (Lipinski definition) is 4.